The van der Waals surface area contributed by atoms with Gasteiger partial charge in [-0.25, -0.2) is 14.4 Å². The minimum Gasteiger partial charge on any atom is -0.369 e. The minimum atomic E-state index is -0.250. The Morgan fingerprint density at radius 1 is 1.38 bits per heavy atom. The van der Waals surface area contributed by atoms with Crippen LogP contribution >= 0.6 is 11.8 Å². The van der Waals surface area contributed by atoms with Gasteiger partial charge in [0.15, 0.2) is 5.65 Å². The molecule has 1 aromatic carbocycles. The zero-order chi connectivity index (χ0) is 14.7. The van der Waals surface area contributed by atoms with Crippen molar-refractivity contribution in [2.75, 3.05) is 11.9 Å². The molecule has 3 aromatic rings. The number of nitrogens with one attached hydrogen (secondary N) is 1. The molecule has 0 bridgehead atoms. The smallest absolute Gasteiger partial charge is 0.170 e. The van der Waals surface area contributed by atoms with Gasteiger partial charge in [0.05, 0.1) is 6.20 Å². The van der Waals surface area contributed by atoms with Crippen LogP contribution in [0.1, 0.15) is 13.3 Å². The predicted molar refractivity (Wildman–Crippen MR) is 82.3 cm³/mol. The number of aromatic nitrogens is 3. The summed E-state index contributed by atoms with van der Waals surface area (Å²) in [5, 5.41) is 4.02. The molecule has 0 amide bonds. The Bertz CT molecular complexity index is 756. The van der Waals surface area contributed by atoms with Crippen molar-refractivity contribution in [1.82, 2.24) is 14.4 Å². The average molecular weight is 302 g/mol. The molecule has 21 heavy (non-hydrogen) atoms. The van der Waals surface area contributed by atoms with Crippen LogP contribution in [-0.4, -0.2) is 20.9 Å². The van der Waals surface area contributed by atoms with Gasteiger partial charge in [0.1, 0.15) is 16.7 Å². The van der Waals surface area contributed by atoms with Crippen LogP contribution in [0.5, 0.6) is 0 Å². The maximum Gasteiger partial charge on any atom is 0.170 e. The van der Waals surface area contributed by atoms with E-state index in [1.165, 1.54) is 23.9 Å². The van der Waals surface area contributed by atoms with E-state index >= 15 is 0 Å². The van der Waals surface area contributed by atoms with E-state index in [-0.39, 0.29) is 5.82 Å². The maximum absolute atomic E-state index is 13.3. The summed E-state index contributed by atoms with van der Waals surface area (Å²) in [6.45, 7) is 2.96. The van der Waals surface area contributed by atoms with Gasteiger partial charge in [-0.2, -0.15) is 0 Å². The Kier molecular flexibility index (Phi) is 4.06. The highest BCUT2D eigenvalue weighted by Crippen LogP contribution is 2.30. The van der Waals surface area contributed by atoms with E-state index in [1.807, 2.05) is 22.9 Å². The lowest BCUT2D eigenvalue weighted by atomic mass is 10.4. The van der Waals surface area contributed by atoms with E-state index in [9.17, 15) is 4.39 Å². The standard InChI is InChI=1S/C15H15FN4S/c1-2-6-17-13-10-20-8-7-18-14(20)15(19-13)21-12-5-3-4-11(16)9-12/h3-5,7-10,17H,2,6H2,1H3. The molecule has 6 heteroatoms. The van der Waals surface area contributed by atoms with Crippen molar-refractivity contribution in [2.24, 2.45) is 0 Å². The van der Waals surface area contributed by atoms with Crippen molar-refractivity contribution in [3.63, 3.8) is 0 Å². The number of imidazole rings is 1. The molecule has 2 heterocycles. The third-order valence-corrected chi connectivity index (χ3v) is 3.87. The molecule has 108 valence electrons. The summed E-state index contributed by atoms with van der Waals surface area (Å²) < 4.78 is 15.2. The van der Waals surface area contributed by atoms with Crippen molar-refractivity contribution >= 4 is 23.2 Å². The van der Waals surface area contributed by atoms with Crippen molar-refractivity contribution in [2.45, 2.75) is 23.3 Å². The van der Waals surface area contributed by atoms with Crippen LogP contribution in [0.2, 0.25) is 0 Å². The zero-order valence-corrected chi connectivity index (χ0v) is 12.4. The lowest BCUT2D eigenvalue weighted by molar-refractivity contribution is 0.624. The van der Waals surface area contributed by atoms with Crippen LogP contribution < -0.4 is 5.32 Å². The Labute approximate surface area is 126 Å². The van der Waals surface area contributed by atoms with Gasteiger partial charge in [0.2, 0.25) is 0 Å². The van der Waals surface area contributed by atoms with Gasteiger partial charge in [-0.05, 0) is 24.6 Å². The van der Waals surface area contributed by atoms with Crippen LogP contribution in [0.4, 0.5) is 10.2 Å². The van der Waals surface area contributed by atoms with E-state index in [1.54, 1.807) is 12.3 Å². The second kappa shape index (κ2) is 6.13. The molecule has 0 unspecified atom stereocenters. The molecule has 0 spiro atoms. The number of hydrogen-bond acceptors (Lipinski definition) is 4. The van der Waals surface area contributed by atoms with Gasteiger partial charge < -0.3 is 9.72 Å². The third-order valence-electron chi connectivity index (χ3n) is 2.91. The molecule has 0 aliphatic heterocycles. The van der Waals surface area contributed by atoms with Crippen LogP contribution in [0.15, 0.2) is 52.8 Å². The molecule has 4 nitrogen and oxygen atoms in total. The fourth-order valence-corrected chi connectivity index (χ4v) is 2.89. The summed E-state index contributed by atoms with van der Waals surface area (Å²) in [6, 6.07) is 6.49. The normalized spacial score (nSPS) is 11.0. The molecular formula is C15H15FN4S. The van der Waals surface area contributed by atoms with E-state index < -0.39 is 0 Å². The van der Waals surface area contributed by atoms with Crippen molar-refractivity contribution < 1.29 is 4.39 Å². The first-order valence-electron chi connectivity index (χ1n) is 6.77. The SMILES string of the molecule is CCCNc1cn2ccnc2c(Sc2cccc(F)c2)n1. The number of anilines is 1. The van der Waals surface area contributed by atoms with Crippen LogP contribution in [0.3, 0.4) is 0 Å². The highest BCUT2D eigenvalue weighted by atomic mass is 32.2. The number of benzene rings is 1. The van der Waals surface area contributed by atoms with E-state index in [4.69, 9.17) is 0 Å². The van der Waals surface area contributed by atoms with Gasteiger partial charge in [0.25, 0.3) is 0 Å². The highest BCUT2D eigenvalue weighted by Gasteiger charge is 2.09. The Morgan fingerprint density at radius 3 is 3.10 bits per heavy atom. The van der Waals surface area contributed by atoms with Crippen LogP contribution in [-0.2, 0) is 0 Å². The Morgan fingerprint density at radius 2 is 2.29 bits per heavy atom. The van der Waals surface area contributed by atoms with E-state index in [0.717, 1.165) is 34.4 Å². The molecular weight excluding hydrogens is 287 g/mol. The highest BCUT2D eigenvalue weighted by molar-refractivity contribution is 7.99. The molecule has 1 N–H and O–H groups in total. The molecule has 0 saturated heterocycles. The minimum absolute atomic E-state index is 0.250. The molecule has 0 atom stereocenters. The summed E-state index contributed by atoms with van der Waals surface area (Å²) in [4.78, 5) is 9.70. The lowest BCUT2D eigenvalue weighted by Gasteiger charge is -2.08. The van der Waals surface area contributed by atoms with Crippen molar-refractivity contribution in [3.05, 3.63) is 48.7 Å². The average Bonchev–Trinajstić information content (AvgIpc) is 2.94. The van der Waals surface area contributed by atoms with E-state index in [0.29, 0.717) is 0 Å². The van der Waals surface area contributed by atoms with E-state index in [2.05, 4.69) is 22.2 Å². The number of nitrogens with zero attached hydrogens (tertiary/aromatic N) is 3. The van der Waals surface area contributed by atoms with Gasteiger partial charge in [-0.15, -0.1) is 0 Å². The Hall–Kier alpha value is -2.08. The van der Waals surface area contributed by atoms with Crippen molar-refractivity contribution in [1.29, 1.82) is 0 Å². The van der Waals surface area contributed by atoms with Gasteiger partial charge in [0, 0.05) is 23.8 Å². The second-order valence-corrected chi connectivity index (χ2v) is 5.64. The molecule has 0 aliphatic rings. The second-order valence-electron chi connectivity index (χ2n) is 4.58. The van der Waals surface area contributed by atoms with Crippen molar-refractivity contribution in [3.8, 4) is 0 Å². The first kappa shape index (κ1) is 13.9. The number of hydrogen-bond donors (Lipinski definition) is 1. The molecule has 3 rings (SSSR count). The van der Waals surface area contributed by atoms with Gasteiger partial charge in [-0.1, -0.05) is 24.8 Å². The predicted octanol–water partition coefficient (Wildman–Crippen LogP) is 3.84. The van der Waals surface area contributed by atoms with Gasteiger partial charge >= 0.3 is 0 Å². The summed E-state index contributed by atoms with van der Waals surface area (Å²) in [7, 11) is 0. The molecule has 0 radical (unpaired) electrons. The summed E-state index contributed by atoms with van der Waals surface area (Å²) in [5.74, 6) is 0.542. The maximum atomic E-state index is 13.3. The number of halogens is 1. The van der Waals surface area contributed by atoms with Crippen LogP contribution in [0, 0.1) is 5.82 Å². The third kappa shape index (κ3) is 3.16. The summed E-state index contributed by atoms with van der Waals surface area (Å²) in [6.07, 6.45) is 6.55. The summed E-state index contributed by atoms with van der Waals surface area (Å²) in [5.41, 5.74) is 0.770. The lowest BCUT2D eigenvalue weighted by Crippen LogP contribution is -2.04. The first-order valence-corrected chi connectivity index (χ1v) is 7.59. The fraction of sp³-hybridized carbons (Fsp3) is 0.200. The number of fused-ring (bicyclic) bond motifs is 1. The quantitative estimate of drug-likeness (QED) is 0.777. The first-order chi connectivity index (χ1) is 10.3. The molecule has 0 fully saturated rings. The van der Waals surface area contributed by atoms with Gasteiger partial charge in [-0.3, -0.25) is 0 Å². The summed E-state index contributed by atoms with van der Waals surface area (Å²) >= 11 is 1.41. The Balaban J connectivity index is 1.97. The molecule has 0 aliphatic carbocycles. The zero-order valence-electron chi connectivity index (χ0n) is 11.6. The largest absolute Gasteiger partial charge is 0.369 e. The molecule has 2 aromatic heterocycles. The topological polar surface area (TPSA) is 42.2 Å². The fourth-order valence-electron chi connectivity index (χ4n) is 1.95. The van der Waals surface area contributed by atoms with Crippen LogP contribution in [0.25, 0.3) is 5.65 Å². The molecule has 0 saturated carbocycles. The number of rotatable bonds is 5. The monoisotopic (exact) mass is 302 g/mol.